The molecule has 1 aromatic heterocycles. The van der Waals surface area contributed by atoms with Gasteiger partial charge in [-0.3, -0.25) is 9.58 Å². The van der Waals surface area contributed by atoms with Crippen LogP contribution < -0.4 is 5.73 Å². The lowest BCUT2D eigenvalue weighted by atomic mass is 10.1. The van der Waals surface area contributed by atoms with E-state index >= 15 is 0 Å². The van der Waals surface area contributed by atoms with Crippen LogP contribution in [0.3, 0.4) is 0 Å². The van der Waals surface area contributed by atoms with Gasteiger partial charge in [-0.25, -0.2) is 0 Å². The monoisotopic (exact) mass is 350 g/mol. The van der Waals surface area contributed by atoms with Gasteiger partial charge in [0.15, 0.2) is 0 Å². The van der Waals surface area contributed by atoms with Gasteiger partial charge in [0.25, 0.3) is 0 Å². The van der Waals surface area contributed by atoms with Crippen molar-refractivity contribution in [3.8, 4) is 0 Å². The summed E-state index contributed by atoms with van der Waals surface area (Å²) in [5.74, 6) is 0. The summed E-state index contributed by atoms with van der Waals surface area (Å²) in [4.78, 5) is 2.40. The average Bonchev–Trinajstić information content (AvgIpc) is 2.66. The van der Waals surface area contributed by atoms with Crippen LogP contribution in [0.25, 0.3) is 0 Å². The summed E-state index contributed by atoms with van der Waals surface area (Å²) in [6, 6.07) is 8.48. The number of aryl methyl sites for hydroxylation is 2. The maximum Gasteiger partial charge on any atom is 0.0739 e. The van der Waals surface area contributed by atoms with Crippen LogP contribution >= 0.6 is 15.9 Å². The molecule has 2 aromatic rings. The third-order valence-electron chi connectivity index (χ3n) is 3.77. The number of anilines is 1. The Morgan fingerprint density at radius 2 is 1.95 bits per heavy atom. The van der Waals surface area contributed by atoms with Crippen LogP contribution in [0.4, 0.5) is 5.69 Å². The molecular formula is C16H23BrN4. The van der Waals surface area contributed by atoms with Gasteiger partial charge in [-0.2, -0.15) is 5.10 Å². The number of hydrogen-bond acceptors (Lipinski definition) is 3. The number of nitrogens with two attached hydrogens (primary N) is 1. The summed E-state index contributed by atoms with van der Waals surface area (Å²) in [6.07, 6.45) is 0. The summed E-state index contributed by atoms with van der Waals surface area (Å²) in [6.45, 7) is 8.10. The van der Waals surface area contributed by atoms with Crippen molar-refractivity contribution in [1.82, 2.24) is 14.7 Å². The van der Waals surface area contributed by atoms with E-state index in [9.17, 15) is 0 Å². The maximum atomic E-state index is 6.07. The van der Waals surface area contributed by atoms with Gasteiger partial charge in [0.05, 0.1) is 15.9 Å². The van der Waals surface area contributed by atoms with Gasteiger partial charge in [-0.1, -0.05) is 18.2 Å². The maximum absolute atomic E-state index is 6.07. The lowest BCUT2D eigenvalue weighted by Crippen LogP contribution is -2.31. The molecular weight excluding hydrogens is 328 g/mol. The predicted molar refractivity (Wildman–Crippen MR) is 90.9 cm³/mol. The predicted octanol–water partition coefficient (Wildman–Crippen LogP) is 3.48. The molecule has 2 N–H and O–H groups in total. The van der Waals surface area contributed by atoms with Crippen LogP contribution in [0, 0.1) is 6.92 Å². The molecule has 2 rings (SSSR count). The van der Waals surface area contributed by atoms with Crippen LogP contribution in [-0.4, -0.2) is 20.7 Å². The smallest absolute Gasteiger partial charge is 0.0739 e. The lowest BCUT2D eigenvalue weighted by molar-refractivity contribution is 0.198. The topological polar surface area (TPSA) is 47.1 Å². The van der Waals surface area contributed by atoms with Crippen molar-refractivity contribution in [3.63, 3.8) is 0 Å². The fourth-order valence-electron chi connectivity index (χ4n) is 2.36. The lowest BCUT2D eigenvalue weighted by Gasteiger charge is -2.27. The van der Waals surface area contributed by atoms with E-state index in [1.807, 2.05) is 36.9 Å². The van der Waals surface area contributed by atoms with E-state index in [1.54, 1.807) is 0 Å². The summed E-state index contributed by atoms with van der Waals surface area (Å²) in [5, 5.41) is 4.47. The Morgan fingerprint density at radius 3 is 2.48 bits per heavy atom. The molecule has 1 aromatic carbocycles. The Balaban J connectivity index is 2.22. The summed E-state index contributed by atoms with van der Waals surface area (Å²) >= 11 is 3.64. The number of para-hydroxylation sites is 1. The number of nitrogens with zero attached hydrogens (tertiary/aromatic N) is 3. The normalized spacial score (nSPS) is 11.6. The summed E-state index contributed by atoms with van der Waals surface area (Å²) in [5.41, 5.74) is 10.3. The minimum atomic E-state index is 0.423. The molecule has 0 amide bonds. The van der Waals surface area contributed by atoms with E-state index in [1.165, 1.54) is 11.3 Å². The number of aromatic nitrogens is 2. The molecule has 0 radical (unpaired) electrons. The Morgan fingerprint density at radius 1 is 1.29 bits per heavy atom. The molecule has 0 aliphatic heterocycles. The first-order valence-corrected chi connectivity index (χ1v) is 7.94. The first kappa shape index (κ1) is 16.0. The van der Waals surface area contributed by atoms with E-state index in [0.717, 1.165) is 28.9 Å². The van der Waals surface area contributed by atoms with Gasteiger partial charge < -0.3 is 5.73 Å². The first-order chi connectivity index (χ1) is 9.90. The standard InChI is InChI=1S/C16H23BrN4/c1-11(2)21(9-13-7-5-6-8-14(13)18)10-15-16(17)12(3)19-20(15)4/h5-8,11H,9-10,18H2,1-4H3. The number of benzene rings is 1. The molecule has 21 heavy (non-hydrogen) atoms. The van der Waals surface area contributed by atoms with E-state index in [-0.39, 0.29) is 0 Å². The minimum Gasteiger partial charge on any atom is -0.398 e. The zero-order valence-corrected chi connectivity index (χ0v) is 14.7. The molecule has 0 spiro atoms. The molecule has 0 bridgehead atoms. The van der Waals surface area contributed by atoms with Gasteiger partial charge in [-0.15, -0.1) is 0 Å². The molecule has 1 heterocycles. The van der Waals surface area contributed by atoms with Crippen LogP contribution in [0.15, 0.2) is 28.7 Å². The van der Waals surface area contributed by atoms with Crippen molar-refractivity contribution < 1.29 is 0 Å². The van der Waals surface area contributed by atoms with Crippen molar-refractivity contribution in [2.75, 3.05) is 5.73 Å². The van der Waals surface area contributed by atoms with Gasteiger partial charge in [0.2, 0.25) is 0 Å². The highest BCUT2D eigenvalue weighted by Gasteiger charge is 2.17. The van der Waals surface area contributed by atoms with Crippen molar-refractivity contribution in [2.45, 2.75) is 39.9 Å². The van der Waals surface area contributed by atoms with Crippen molar-refractivity contribution >= 4 is 21.6 Å². The molecule has 0 aliphatic carbocycles. The van der Waals surface area contributed by atoms with Crippen LogP contribution in [0.1, 0.15) is 30.8 Å². The van der Waals surface area contributed by atoms with E-state index in [2.05, 4.69) is 45.8 Å². The zero-order valence-electron chi connectivity index (χ0n) is 13.1. The highest BCUT2D eigenvalue weighted by molar-refractivity contribution is 9.10. The second kappa shape index (κ2) is 6.62. The summed E-state index contributed by atoms with van der Waals surface area (Å²) < 4.78 is 3.04. The average molecular weight is 351 g/mol. The van der Waals surface area contributed by atoms with Crippen LogP contribution in [0.2, 0.25) is 0 Å². The van der Waals surface area contributed by atoms with Gasteiger partial charge in [-0.05, 0) is 48.3 Å². The van der Waals surface area contributed by atoms with Gasteiger partial charge >= 0.3 is 0 Å². The second-order valence-corrected chi connectivity index (χ2v) is 6.46. The second-order valence-electron chi connectivity index (χ2n) is 5.67. The molecule has 0 aliphatic rings. The van der Waals surface area contributed by atoms with Crippen LogP contribution in [0.5, 0.6) is 0 Å². The quantitative estimate of drug-likeness (QED) is 0.839. The third kappa shape index (κ3) is 3.66. The fraction of sp³-hybridized carbons (Fsp3) is 0.438. The highest BCUT2D eigenvalue weighted by atomic mass is 79.9. The molecule has 0 saturated carbocycles. The third-order valence-corrected chi connectivity index (χ3v) is 4.80. The van der Waals surface area contributed by atoms with E-state index < -0.39 is 0 Å². The SMILES string of the molecule is Cc1nn(C)c(CN(Cc2ccccc2N)C(C)C)c1Br. The van der Waals surface area contributed by atoms with Crippen molar-refractivity contribution in [1.29, 1.82) is 0 Å². The molecule has 0 fully saturated rings. The largest absolute Gasteiger partial charge is 0.398 e. The van der Waals surface area contributed by atoms with Crippen molar-refractivity contribution in [3.05, 3.63) is 45.7 Å². The van der Waals surface area contributed by atoms with Gasteiger partial charge in [0, 0.05) is 31.9 Å². The minimum absolute atomic E-state index is 0.423. The molecule has 114 valence electrons. The highest BCUT2D eigenvalue weighted by Crippen LogP contribution is 2.24. The number of hydrogen-bond donors (Lipinski definition) is 1. The zero-order chi connectivity index (χ0) is 15.6. The number of halogens is 1. The molecule has 0 unspecified atom stereocenters. The Hall–Kier alpha value is -1.33. The molecule has 0 saturated heterocycles. The number of nitrogen functional groups attached to an aromatic ring is 1. The fourth-order valence-corrected chi connectivity index (χ4v) is 2.82. The Labute approximate surface area is 135 Å². The Kier molecular flexibility index (Phi) is 5.06. The van der Waals surface area contributed by atoms with E-state index in [0.29, 0.717) is 6.04 Å². The van der Waals surface area contributed by atoms with Crippen molar-refractivity contribution in [2.24, 2.45) is 7.05 Å². The molecule has 0 atom stereocenters. The summed E-state index contributed by atoms with van der Waals surface area (Å²) in [7, 11) is 1.99. The van der Waals surface area contributed by atoms with E-state index in [4.69, 9.17) is 5.73 Å². The van der Waals surface area contributed by atoms with Crippen LogP contribution in [-0.2, 0) is 20.1 Å². The molecule has 4 nitrogen and oxygen atoms in total. The molecule has 5 heteroatoms. The Bertz CT molecular complexity index is 619. The van der Waals surface area contributed by atoms with Gasteiger partial charge in [0.1, 0.15) is 0 Å². The first-order valence-electron chi connectivity index (χ1n) is 7.15. The number of rotatable bonds is 5.